The molecular weight excluding hydrogens is 363 g/mol. The van der Waals surface area contributed by atoms with E-state index in [2.05, 4.69) is 19.9 Å². The maximum Gasteiger partial charge on any atom is 0.260 e. The number of H-pyrrole nitrogens is 1. The summed E-state index contributed by atoms with van der Waals surface area (Å²) in [6.07, 6.45) is 2.88. The second kappa shape index (κ2) is 6.02. The van der Waals surface area contributed by atoms with Crippen molar-refractivity contribution in [2.75, 3.05) is 0 Å². The highest BCUT2D eigenvalue weighted by molar-refractivity contribution is 7.19. The minimum Gasteiger partial charge on any atom is -0.303 e. The number of rotatable bonds is 2. The van der Waals surface area contributed by atoms with E-state index in [-0.39, 0.29) is 23.0 Å². The van der Waals surface area contributed by atoms with Crippen LogP contribution < -0.4 is 5.56 Å². The van der Waals surface area contributed by atoms with Crippen LogP contribution in [0.2, 0.25) is 5.02 Å². The summed E-state index contributed by atoms with van der Waals surface area (Å²) >= 11 is 7.18. The Morgan fingerprint density at radius 2 is 1.84 bits per heavy atom. The van der Waals surface area contributed by atoms with E-state index in [4.69, 9.17) is 11.6 Å². The van der Waals surface area contributed by atoms with Crippen LogP contribution in [-0.4, -0.2) is 19.9 Å². The molecule has 0 amide bonds. The minimum absolute atomic E-state index is 0.279. The van der Waals surface area contributed by atoms with E-state index in [1.54, 1.807) is 12.1 Å². The van der Waals surface area contributed by atoms with Gasteiger partial charge < -0.3 is 4.98 Å². The average molecular weight is 373 g/mol. The van der Waals surface area contributed by atoms with Crippen LogP contribution in [0.25, 0.3) is 33.0 Å². The van der Waals surface area contributed by atoms with Gasteiger partial charge in [-0.1, -0.05) is 23.7 Å². The van der Waals surface area contributed by atoms with Gasteiger partial charge >= 0.3 is 0 Å². The maximum atomic E-state index is 13.2. The van der Waals surface area contributed by atoms with Crippen LogP contribution in [0, 0.1) is 12.7 Å². The summed E-state index contributed by atoms with van der Waals surface area (Å²) in [7, 11) is 0. The van der Waals surface area contributed by atoms with Crippen molar-refractivity contribution in [1.29, 1.82) is 0 Å². The molecule has 25 heavy (non-hydrogen) atoms. The van der Waals surface area contributed by atoms with Crippen molar-refractivity contribution in [3.8, 4) is 22.8 Å². The van der Waals surface area contributed by atoms with Gasteiger partial charge in [0.05, 0.1) is 10.4 Å². The fourth-order valence-electron chi connectivity index (χ4n) is 2.62. The maximum absolute atomic E-state index is 13.2. The molecule has 1 N–H and O–H groups in total. The van der Waals surface area contributed by atoms with Crippen LogP contribution in [0.15, 0.2) is 41.5 Å². The molecule has 0 aliphatic carbocycles. The van der Waals surface area contributed by atoms with Gasteiger partial charge in [0, 0.05) is 22.8 Å². The van der Waals surface area contributed by atoms with E-state index < -0.39 is 0 Å². The molecule has 0 spiro atoms. The van der Waals surface area contributed by atoms with E-state index in [9.17, 15) is 9.18 Å². The third-order valence-corrected chi connectivity index (χ3v) is 4.90. The van der Waals surface area contributed by atoms with E-state index in [0.29, 0.717) is 15.2 Å². The normalized spacial score (nSPS) is 11.2. The lowest BCUT2D eigenvalue weighted by molar-refractivity contribution is 0.628. The number of hydrogen-bond donors (Lipinski definition) is 1. The van der Waals surface area contributed by atoms with E-state index in [0.717, 1.165) is 16.0 Å². The van der Waals surface area contributed by atoms with Gasteiger partial charge in [-0.3, -0.25) is 4.79 Å². The third kappa shape index (κ3) is 2.81. The topological polar surface area (TPSA) is 71.5 Å². The molecule has 4 aromatic rings. The fraction of sp³-hybridized carbons (Fsp3) is 0.0588. The highest BCUT2D eigenvalue weighted by Crippen LogP contribution is 2.35. The van der Waals surface area contributed by atoms with Crippen molar-refractivity contribution < 1.29 is 4.39 Å². The predicted molar refractivity (Wildman–Crippen MR) is 96.4 cm³/mol. The van der Waals surface area contributed by atoms with Crippen LogP contribution in [0.3, 0.4) is 0 Å². The van der Waals surface area contributed by atoms with Gasteiger partial charge in [-0.2, -0.15) is 0 Å². The van der Waals surface area contributed by atoms with Gasteiger partial charge in [0.2, 0.25) is 0 Å². The average Bonchev–Trinajstić information content (AvgIpc) is 2.93. The number of fused-ring (bicyclic) bond motifs is 1. The van der Waals surface area contributed by atoms with E-state index in [1.165, 1.54) is 35.9 Å². The second-order valence-electron chi connectivity index (χ2n) is 5.36. The molecule has 0 fully saturated rings. The Labute approximate surface area is 150 Å². The van der Waals surface area contributed by atoms with Crippen LogP contribution in [0.5, 0.6) is 0 Å². The number of aromatic nitrogens is 4. The van der Waals surface area contributed by atoms with Gasteiger partial charge in [0.1, 0.15) is 10.6 Å². The molecule has 4 rings (SSSR count). The SMILES string of the molecule is Cc1sc2nc(-c3ncc(Cl)cn3)[nH]c(=O)c2c1-c1ccc(F)cc1. The van der Waals surface area contributed by atoms with Crippen LogP contribution in [-0.2, 0) is 0 Å². The standard InChI is InChI=1S/C17H10ClFN4OS/c1-8-12(9-2-4-11(19)5-3-9)13-16(24)22-15(23-17(13)25-8)14-20-6-10(18)7-21-14/h2-7H,1H3,(H,22,23,24). The molecule has 5 nitrogen and oxygen atoms in total. The highest BCUT2D eigenvalue weighted by Gasteiger charge is 2.17. The lowest BCUT2D eigenvalue weighted by Gasteiger charge is -2.02. The number of benzene rings is 1. The summed E-state index contributed by atoms with van der Waals surface area (Å²) in [5, 5.41) is 0.879. The zero-order chi connectivity index (χ0) is 17.6. The van der Waals surface area contributed by atoms with Crippen molar-refractivity contribution in [1.82, 2.24) is 19.9 Å². The van der Waals surface area contributed by atoms with Gasteiger partial charge in [-0.25, -0.2) is 19.3 Å². The number of aromatic amines is 1. The number of hydrogen-bond acceptors (Lipinski definition) is 5. The van der Waals surface area contributed by atoms with Crippen molar-refractivity contribution in [2.45, 2.75) is 6.92 Å². The van der Waals surface area contributed by atoms with Crippen LogP contribution in [0.4, 0.5) is 4.39 Å². The zero-order valence-corrected chi connectivity index (χ0v) is 14.5. The van der Waals surface area contributed by atoms with Gasteiger partial charge in [0.15, 0.2) is 11.6 Å². The summed E-state index contributed by atoms with van der Waals surface area (Å²) in [5.74, 6) is 0.244. The molecule has 0 radical (unpaired) electrons. The van der Waals surface area contributed by atoms with Crippen molar-refractivity contribution in [3.63, 3.8) is 0 Å². The van der Waals surface area contributed by atoms with E-state index in [1.807, 2.05) is 6.92 Å². The first kappa shape index (κ1) is 15.9. The molecular formula is C17H10ClFN4OS. The Hall–Kier alpha value is -2.64. The van der Waals surface area contributed by atoms with E-state index >= 15 is 0 Å². The fourth-order valence-corrected chi connectivity index (χ4v) is 3.77. The monoisotopic (exact) mass is 372 g/mol. The number of halogens is 2. The predicted octanol–water partition coefficient (Wildman–Crippen LogP) is 4.21. The first-order chi connectivity index (χ1) is 12.0. The molecule has 0 saturated heterocycles. The molecule has 3 aromatic heterocycles. The van der Waals surface area contributed by atoms with Crippen LogP contribution >= 0.6 is 22.9 Å². The number of nitrogens with zero attached hydrogens (tertiary/aromatic N) is 3. The molecule has 0 atom stereocenters. The minimum atomic E-state index is -0.324. The smallest absolute Gasteiger partial charge is 0.260 e. The molecule has 8 heteroatoms. The molecule has 0 aliphatic rings. The van der Waals surface area contributed by atoms with Crippen LogP contribution in [0.1, 0.15) is 4.88 Å². The lowest BCUT2D eigenvalue weighted by Crippen LogP contribution is -2.10. The molecule has 0 aliphatic heterocycles. The molecule has 0 bridgehead atoms. The molecule has 0 unspecified atom stereocenters. The summed E-state index contributed by atoms with van der Waals surface area (Å²) in [5.41, 5.74) is 1.24. The van der Waals surface area contributed by atoms with Crippen molar-refractivity contribution in [3.05, 3.63) is 62.7 Å². The summed E-state index contributed by atoms with van der Waals surface area (Å²) < 4.78 is 13.2. The quantitative estimate of drug-likeness (QED) is 0.572. The van der Waals surface area contributed by atoms with Crippen molar-refractivity contribution >= 4 is 33.2 Å². The summed E-state index contributed by atoms with van der Waals surface area (Å²) in [6, 6.07) is 6.05. The highest BCUT2D eigenvalue weighted by atomic mass is 35.5. The first-order valence-corrected chi connectivity index (χ1v) is 8.49. The van der Waals surface area contributed by atoms with Gasteiger partial charge in [-0.05, 0) is 24.6 Å². The molecule has 0 saturated carbocycles. The third-order valence-electron chi connectivity index (χ3n) is 3.70. The molecule has 1 aromatic carbocycles. The number of aryl methyl sites for hydroxylation is 1. The summed E-state index contributed by atoms with van der Waals surface area (Å²) in [6.45, 7) is 1.91. The Morgan fingerprint density at radius 1 is 1.16 bits per heavy atom. The second-order valence-corrected chi connectivity index (χ2v) is 7.00. The Morgan fingerprint density at radius 3 is 2.52 bits per heavy atom. The largest absolute Gasteiger partial charge is 0.303 e. The van der Waals surface area contributed by atoms with Gasteiger partial charge in [0.25, 0.3) is 5.56 Å². The number of thiophene rings is 1. The van der Waals surface area contributed by atoms with Gasteiger partial charge in [-0.15, -0.1) is 11.3 Å². The Balaban J connectivity index is 1.93. The molecule has 124 valence electrons. The molecule has 3 heterocycles. The number of nitrogens with one attached hydrogen (secondary N) is 1. The summed E-state index contributed by atoms with van der Waals surface area (Å²) in [4.78, 5) is 29.5. The lowest BCUT2D eigenvalue weighted by atomic mass is 10.0. The zero-order valence-electron chi connectivity index (χ0n) is 12.9. The Kier molecular flexibility index (Phi) is 3.82. The first-order valence-electron chi connectivity index (χ1n) is 7.30. The van der Waals surface area contributed by atoms with Crippen molar-refractivity contribution in [2.24, 2.45) is 0 Å². The Bertz CT molecular complexity index is 1140.